The highest BCUT2D eigenvalue weighted by Crippen LogP contribution is 2.30. The Morgan fingerprint density at radius 1 is 1.03 bits per heavy atom. The topological polar surface area (TPSA) is 51.7 Å². The summed E-state index contributed by atoms with van der Waals surface area (Å²) in [5, 5.41) is 2.08. The fraction of sp³-hybridized carbons (Fsp3) is 0.120. The number of nitrogens with zero attached hydrogens (tertiary/aromatic N) is 2. The van der Waals surface area contributed by atoms with Gasteiger partial charge in [0.2, 0.25) is 0 Å². The summed E-state index contributed by atoms with van der Waals surface area (Å²) < 4.78 is 25.7. The van der Waals surface area contributed by atoms with Gasteiger partial charge in [0, 0.05) is 29.7 Å². The summed E-state index contributed by atoms with van der Waals surface area (Å²) in [7, 11) is 3.29. The quantitative estimate of drug-likeness (QED) is 0.358. The lowest BCUT2D eigenvalue weighted by Crippen LogP contribution is -2.26. The van der Waals surface area contributed by atoms with E-state index >= 15 is 0 Å². The van der Waals surface area contributed by atoms with Crippen LogP contribution in [0.4, 0.5) is 10.1 Å². The lowest BCUT2D eigenvalue weighted by molar-refractivity contribution is 0.0989. The number of hydrogen-bond acceptors (Lipinski definition) is 5. The first-order chi connectivity index (χ1) is 15.5. The van der Waals surface area contributed by atoms with Gasteiger partial charge in [-0.3, -0.25) is 4.79 Å². The number of amides is 1. The molecule has 0 radical (unpaired) electrons. The molecule has 0 atom stereocenters. The molecule has 0 saturated heterocycles. The predicted molar refractivity (Wildman–Crippen MR) is 124 cm³/mol. The first-order valence-corrected chi connectivity index (χ1v) is 10.8. The van der Waals surface area contributed by atoms with Crippen molar-refractivity contribution < 1.29 is 18.7 Å². The summed E-state index contributed by atoms with van der Waals surface area (Å²) >= 11 is 1.22. The molecule has 0 spiro atoms. The molecule has 0 aliphatic heterocycles. The molecule has 0 bridgehead atoms. The van der Waals surface area contributed by atoms with E-state index in [1.807, 2.05) is 54.6 Å². The minimum atomic E-state index is -0.460. The second kappa shape index (κ2) is 9.62. The summed E-state index contributed by atoms with van der Waals surface area (Å²) in [5.41, 5.74) is 2.27. The second-order valence-electron chi connectivity index (χ2n) is 7.02. The third kappa shape index (κ3) is 4.78. The van der Waals surface area contributed by atoms with E-state index < -0.39 is 5.82 Å². The average molecular weight is 449 g/mol. The molecule has 0 saturated carbocycles. The molecule has 5 nitrogen and oxygen atoms in total. The van der Waals surface area contributed by atoms with Gasteiger partial charge < -0.3 is 14.4 Å². The number of thiazole rings is 1. The van der Waals surface area contributed by atoms with Crippen molar-refractivity contribution in [3.8, 4) is 22.1 Å². The van der Waals surface area contributed by atoms with Crippen LogP contribution in [0.2, 0.25) is 0 Å². The smallest absolute Gasteiger partial charge is 0.277 e. The zero-order valence-corrected chi connectivity index (χ0v) is 18.4. The Labute approximate surface area is 189 Å². The Hall–Kier alpha value is -3.71. The normalized spacial score (nSPS) is 10.6. The molecule has 0 aliphatic carbocycles. The van der Waals surface area contributed by atoms with Gasteiger partial charge in [0.05, 0.1) is 7.11 Å². The Balaban J connectivity index is 1.46. The number of aromatic nitrogens is 1. The third-order valence-corrected chi connectivity index (χ3v) is 5.76. The van der Waals surface area contributed by atoms with Crippen molar-refractivity contribution in [3.05, 3.63) is 95.3 Å². The van der Waals surface area contributed by atoms with Gasteiger partial charge in [-0.25, -0.2) is 9.37 Å². The first kappa shape index (κ1) is 21.5. The van der Waals surface area contributed by atoms with Crippen LogP contribution in [0.3, 0.4) is 0 Å². The van der Waals surface area contributed by atoms with Crippen LogP contribution in [0.25, 0.3) is 10.6 Å². The van der Waals surface area contributed by atoms with Crippen LogP contribution in [0.1, 0.15) is 16.1 Å². The van der Waals surface area contributed by atoms with E-state index in [4.69, 9.17) is 9.47 Å². The van der Waals surface area contributed by atoms with Crippen molar-refractivity contribution >= 4 is 22.9 Å². The molecular weight excluding hydrogens is 427 g/mol. The molecule has 0 unspecified atom stereocenters. The molecule has 162 valence electrons. The van der Waals surface area contributed by atoms with E-state index in [1.54, 1.807) is 31.7 Å². The number of rotatable bonds is 7. The van der Waals surface area contributed by atoms with Crippen molar-refractivity contribution in [2.75, 3.05) is 19.1 Å². The van der Waals surface area contributed by atoms with E-state index in [-0.39, 0.29) is 18.2 Å². The van der Waals surface area contributed by atoms with Gasteiger partial charge in [0.1, 0.15) is 34.6 Å². The molecule has 32 heavy (non-hydrogen) atoms. The zero-order chi connectivity index (χ0) is 22.5. The zero-order valence-electron chi connectivity index (χ0n) is 17.6. The fourth-order valence-electron chi connectivity index (χ4n) is 3.12. The lowest BCUT2D eigenvalue weighted by atomic mass is 10.2. The largest absolute Gasteiger partial charge is 0.497 e. The highest BCUT2D eigenvalue weighted by Gasteiger charge is 2.19. The standard InChI is InChI=1S/C25H21FN2O3S/c1-28(18-8-4-3-5-9-18)25(29)23-16-32-24(27-23)21-12-11-20(14-22(21)26)31-15-17-7-6-10-19(13-17)30-2/h3-14,16H,15H2,1-2H3. The molecule has 4 rings (SSSR count). The summed E-state index contributed by atoms with van der Waals surface area (Å²) in [5.74, 6) is 0.431. The molecule has 1 amide bonds. The van der Waals surface area contributed by atoms with Gasteiger partial charge in [0.25, 0.3) is 5.91 Å². The van der Waals surface area contributed by atoms with Crippen LogP contribution in [-0.2, 0) is 6.61 Å². The van der Waals surface area contributed by atoms with Crippen molar-refractivity contribution in [1.29, 1.82) is 0 Å². The molecule has 1 aromatic heterocycles. The van der Waals surface area contributed by atoms with Gasteiger partial charge in [-0.15, -0.1) is 11.3 Å². The number of benzene rings is 3. The Bertz CT molecular complexity index is 1230. The van der Waals surface area contributed by atoms with Crippen LogP contribution in [0, 0.1) is 5.82 Å². The number of methoxy groups -OCH3 is 1. The summed E-state index contributed by atoms with van der Waals surface area (Å²) in [4.78, 5) is 18.6. The van der Waals surface area contributed by atoms with Crippen molar-refractivity contribution in [1.82, 2.24) is 4.98 Å². The molecule has 0 N–H and O–H groups in total. The number of halogens is 1. The van der Waals surface area contributed by atoms with Gasteiger partial charge in [-0.2, -0.15) is 0 Å². The lowest BCUT2D eigenvalue weighted by Gasteiger charge is -2.15. The number of carbonyl (C=O) groups is 1. The number of anilines is 1. The van der Waals surface area contributed by atoms with Crippen molar-refractivity contribution in [2.24, 2.45) is 0 Å². The number of ether oxygens (including phenoxy) is 2. The van der Waals surface area contributed by atoms with Crippen LogP contribution in [0.15, 0.2) is 78.2 Å². The summed E-state index contributed by atoms with van der Waals surface area (Å²) in [6, 6.07) is 21.4. The first-order valence-electron chi connectivity index (χ1n) is 9.89. The van der Waals surface area contributed by atoms with Crippen LogP contribution < -0.4 is 14.4 Å². The fourth-order valence-corrected chi connectivity index (χ4v) is 3.94. The van der Waals surface area contributed by atoms with Crippen LogP contribution in [-0.4, -0.2) is 25.0 Å². The van der Waals surface area contributed by atoms with E-state index in [0.29, 0.717) is 16.3 Å². The Kier molecular flexibility index (Phi) is 6.47. The number of hydrogen-bond donors (Lipinski definition) is 0. The highest BCUT2D eigenvalue weighted by molar-refractivity contribution is 7.13. The molecule has 0 aliphatic rings. The molecule has 0 fully saturated rings. The van der Waals surface area contributed by atoms with E-state index in [9.17, 15) is 9.18 Å². The highest BCUT2D eigenvalue weighted by atomic mass is 32.1. The number of para-hydroxylation sites is 1. The van der Waals surface area contributed by atoms with E-state index in [0.717, 1.165) is 17.0 Å². The van der Waals surface area contributed by atoms with Gasteiger partial charge in [-0.1, -0.05) is 30.3 Å². The van der Waals surface area contributed by atoms with Crippen molar-refractivity contribution in [2.45, 2.75) is 6.61 Å². The van der Waals surface area contributed by atoms with Gasteiger partial charge in [0.15, 0.2) is 0 Å². The third-order valence-electron chi connectivity index (χ3n) is 4.88. The van der Waals surface area contributed by atoms with Crippen LogP contribution in [0.5, 0.6) is 11.5 Å². The average Bonchev–Trinajstić information content (AvgIpc) is 3.32. The molecule has 3 aromatic carbocycles. The molecule has 4 aromatic rings. The maximum Gasteiger partial charge on any atom is 0.277 e. The Morgan fingerprint density at radius 3 is 2.59 bits per heavy atom. The summed E-state index contributed by atoms with van der Waals surface area (Å²) in [6.45, 7) is 0.289. The van der Waals surface area contributed by atoms with E-state index in [1.165, 1.54) is 22.3 Å². The Morgan fingerprint density at radius 2 is 1.84 bits per heavy atom. The molecule has 7 heteroatoms. The van der Waals surface area contributed by atoms with Crippen molar-refractivity contribution in [3.63, 3.8) is 0 Å². The number of carbonyl (C=O) groups excluding carboxylic acids is 1. The predicted octanol–water partition coefficient (Wildman–Crippen LogP) is 5.81. The summed E-state index contributed by atoms with van der Waals surface area (Å²) in [6.07, 6.45) is 0. The second-order valence-corrected chi connectivity index (χ2v) is 7.88. The maximum absolute atomic E-state index is 14.8. The molecular formula is C25H21FN2O3S. The minimum Gasteiger partial charge on any atom is -0.497 e. The van der Waals surface area contributed by atoms with Gasteiger partial charge >= 0.3 is 0 Å². The van der Waals surface area contributed by atoms with E-state index in [2.05, 4.69) is 4.98 Å². The minimum absolute atomic E-state index is 0.252. The molecule has 1 heterocycles. The SMILES string of the molecule is COc1cccc(COc2ccc(-c3nc(C(=O)N(C)c4ccccc4)cs3)c(F)c2)c1. The van der Waals surface area contributed by atoms with Gasteiger partial charge in [-0.05, 0) is 42.0 Å². The maximum atomic E-state index is 14.8. The van der Waals surface area contributed by atoms with Crippen LogP contribution >= 0.6 is 11.3 Å². The monoisotopic (exact) mass is 448 g/mol.